The highest BCUT2D eigenvalue weighted by molar-refractivity contribution is 7.56. The summed E-state index contributed by atoms with van der Waals surface area (Å²) in [5.74, 6) is 0. The van der Waals surface area contributed by atoms with E-state index < -0.39 is 0 Å². The summed E-state index contributed by atoms with van der Waals surface area (Å²) in [6.45, 7) is 27.6. The van der Waals surface area contributed by atoms with Gasteiger partial charge in [-0.25, -0.2) is 0 Å². The van der Waals surface area contributed by atoms with Gasteiger partial charge in [-0.15, -0.1) is 7.92 Å². The van der Waals surface area contributed by atoms with Crippen molar-refractivity contribution in [2.75, 3.05) is 13.3 Å². The van der Waals surface area contributed by atoms with Crippen molar-refractivity contribution in [3.8, 4) is 11.1 Å². The first-order chi connectivity index (χ1) is 22.6. The Kier molecular flexibility index (Phi) is 12.3. The third-order valence-electron chi connectivity index (χ3n) is 8.80. The van der Waals surface area contributed by atoms with Gasteiger partial charge in [-0.05, 0) is 137 Å². The second-order valence-electron chi connectivity index (χ2n) is 12.4. The highest BCUT2D eigenvalue weighted by Gasteiger charge is 2.18. The Morgan fingerprint density at radius 2 is 1.51 bits per heavy atom. The predicted molar refractivity (Wildman–Crippen MR) is 218 cm³/mol. The second-order valence-corrected chi connectivity index (χ2v) is 15.1. The normalized spacial score (nSPS) is 14.1. The van der Waals surface area contributed by atoms with Crippen LogP contribution in [0.4, 0.5) is 0 Å². The Morgan fingerprint density at radius 3 is 2.17 bits per heavy atom. The molecule has 1 heteroatoms. The minimum Gasteiger partial charge on any atom is -0.106 e. The fourth-order valence-corrected chi connectivity index (χ4v) is 6.56. The average Bonchev–Trinajstić information content (AvgIpc) is 3.07. The molecule has 1 unspecified atom stereocenters. The quantitative estimate of drug-likeness (QED) is 0.0828. The summed E-state index contributed by atoms with van der Waals surface area (Å²) in [4.78, 5) is 0. The van der Waals surface area contributed by atoms with Crippen molar-refractivity contribution in [2.45, 2.75) is 40.3 Å². The number of allylic oxidation sites excluding steroid dienone is 14. The van der Waals surface area contributed by atoms with Gasteiger partial charge in [0, 0.05) is 0 Å². The van der Waals surface area contributed by atoms with Crippen molar-refractivity contribution in [2.24, 2.45) is 0 Å². The van der Waals surface area contributed by atoms with Crippen LogP contribution < -0.4 is 0 Å². The first-order valence-electron chi connectivity index (χ1n) is 16.4. The van der Waals surface area contributed by atoms with Gasteiger partial charge in [0.1, 0.15) is 0 Å². The van der Waals surface area contributed by atoms with Gasteiger partial charge in [-0.1, -0.05) is 142 Å². The van der Waals surface area contributed by atoms with Gasteiger partial charge >= 0.3 is 0 Å². The number of fused-ring (bicyclic) bond motifs is 2. The van der Waals surface area contributed by atoms with E-state index in [-0.39, 0.29) is 7.92 Å². The lowest BCUT2D eigenvalue weighted by molar-refractivity contribution is 1.20. The van der Waals surface area contributed by atoms with E-state index in [2.05, 4.69) is 165 Å². The molecule has 0 heterocycles. The lowest BCUT2D eigenvalue weighted by Gasteiger charge is -2.20. The molecular formula is C46H49P. The van der Waals surface area contributed by atoms with Crippen molar-refractivity contribution < 1.29 is 0 Å². The monoisotopic (exact) mass is 632 g/mol. The van der Waals surface area contributed by atoms with Crippen molar-refractivity contribution in [1.29, 1.82) is 0 Å². The molecule has 47 heavy (non-hydrogen) atoms. The van der Waals surface area contributed by atoms with E-state index in [4.69, 9.17) is 0 Å². The molecule has 0 aliphatic carbocycles. The van der Waals surface area contributed by atoms with Gasteiger partial charge in [-0.2, -0.15) is 0 Å². The molecule has 0 radical (unpaired) electrons. The summed E-state index contributed by atoms with van der Waals surface area (Å²) in [6.07, 6.45) is 22.9. The van der Waals surface area contributed by atoms with Crippen LogP contribution in [-0.4, -0.2) is 19.0 Å². The van der Waals surface area contributed by atoms with Crippen LogP contribution >= 0.6 is 7.92 Å². The molecule has 0 bridgehead atoms. The zero-order valence-corrected chi connectivity index (χ0v) is 30.2. The Balaban J connectivity index is 2.14. The van der Waals surface area contributed by atoms with Gasteiger partial charge < -0.3 is 0 Å². The molecule has 0 amide bonds. The zero-order valence-electron chi connectivity index (χ0n) is 29.3. The zero-order chi connectivity index (χ0) is 34.1. The Labute approximate surface area is 285 Å². The maximum Gasteiger partial charge on any atom is -0.00259 e. The average molecular weight is 633 g/mol. The van der Waals surface area contributed by atoms with E-state index in [0.717, 1.165) is 11.1 Å². The van der Waals surface area contributed by atoms with E-state index in [1.807, 2.05) is 24.3 Å². The van der Waals surface area contributed by atoms with Crippen LogP contribution in [0, 0.1) is 6.92 Å². The van der Waals surface area contributed by atoms with Crippen LogP contribution in [0.2, 0.25) is 0 Å². The topological polar surface area (TPSA) is 0 Å². The molecule has 0 aromatic heterocycles. The maximum atomic E-state index is 4.09. The Morgan fingerprint density at radius 1 is 0.809 bits per heavy atom. The minimum absolute atomic E-state index is 0.0179. The van der Waals surface area contributed by atoms with Crippen LogP contribution in [0.5, 0.6) is 0 Å². The summed E-state index contributed by atoms with van der Waals surface area (Å²) in [6, 6.07) is 22.7. The molecule has 0 saturated heterocycles. The largest absolute Gasteiger partial charge is 0.106 e. The molecule has 0 aliphatic rings. The molecule has 4 aromatic rings. The van der Waals surface area contributed by atoms with Crippen LogP contribution in [0.15, 0.2) is 152 Å². The molecule has 0 nitrogen and oxygen atoms in total. The fourth-order valence-electron chi connectivity index (χ4n) is 6.03. The van der Waals surface area contributed by atoms with Gasteiger partial charge in [0.05, 0.1) is 0 Å². The third kappa shape index (κ3) is 8.26. The van der Waals surface area contributed by atoms with Crippen LogP contribution in [0.1, 0.15) is 49.9 Å². The lowest BCUT2D eigenvalue weighted by atomic mass is 9.83. The third-order valence-corrected chi connectivity index (χ3v) is 10.6. The van der Waals surface area contributed by atoms with E-state index >= 15 is 0 Å². The van der Waals surface area contributed by atoms with Gasteiger partial charge in [-0.3, -0.25) is 0 Å². The van der Waals surface area contributed by atoms with Crippen LogP contribution in [0.3, 0.4) is 0 Å². The molecule has 0 aliphatic heterocycles. The molecule has 0 fully saturated rings. The standard InChI is InChI=1S/C46H49P/c1-11-15-19-36(13-3)29-37(14-4)45-41-21-17-18-22-42(41)46(40-24-23-33(6)38(30-40)20-16-12-2)44-31-39(25-26-43(44)45)34(7)27-32(5)28-35(8)47(9)10/h11-31,35H,1-3H2,4-10H3/b19-15-,20-16-,32-28+,34-27+,36-29+,37-14+. The molecule has 0 spiro atoms. The molecule has 4 rings (SSSR count). The summed E-state index contributed by atoms with van der Waals surface area (Å²) in [5, 5.41) is 4.92. The number of benzene rings is 4. The van der Waals surface area contributed by atoms with Crippen molar-refractivity contribution in [1.82, 2.24) is 0 Å². The maximum absolute atomic E-state index is 4.09. The molecule has 0 saturated carbocycles. The molecule has 4 aromatic carbocycles. The molecule has 238 valence electrons. The van der Waals surface area contributed by atoms with Crippen LogP contribution in [-0.2, 0) is 0 Å². The van der Waals surface area contributed by atoms with Crippen LogP contribution in [0.25, 0.3) is 49.9 Å². The van der Waals surface area contributed by atoms with E-state index in [9.17, 15) is 0 Å². The first-order valence-corrected chi connectivity index (χ1v) is 18.7. The lowest BCUT2D eigenvalue weighted by Crippen LogP contribution is -1.96. The molecule has 0 N–H and O–H groups in total. The minimum atomic E-state index is -0.0179. The van der Waals surface area contributed by atoms with E-state index in [0.29, 0.717) is 5.66 Å². The van der Waals surface area contributed by atoms with Gasteiger partial charge in [0.25, 0.3) is 0 Å². The van der Waals surface area contributed by atoms with Crippen molar-refractivity contribution >= 4 is 46.7 Å². The van der Waals surface area contributed by atoms with Gasteiger partial charge in [0.15, 0.2) is 0 Å². The number of aryl methyl sites for hydroxylation is 1. The van der Waals surface area contributed by atoms with Crippen molar-refractivity contribution in [3.63, 3.8) is 0 Å². The van der Waals surface area contributed by atoms with Crippen molar-refractivity contribution in [3.05, 3.63) is 175 Å². The van der Waals surface area contributed by atoms with Gasteiger partial charge in [0.2, 0.25) is 0 Å². The highest BCUT2D eigenvalue weighted by Crippen LogP contribution is 2.44. The number of rotatable bonds is 12. The summed E-state index contributed by atoms with van der Waals surface area (Å²) in [5.41, 5.74) is 12.7. The van der Waals surface area contributed by atoms with E-state index in [1.165, 1.54) is 66.1 Å². The Bertz CT molecular complexity index is 2000. The number of hydrogen-bond donors (Lipinski definition) is 0. The first kappa shape index (κ1) is 35.3. The highest BCUT2D eigenvalue weighted by atomic mass is 31.1. The summed E-state index contributed by atoms with van der Waals surface area (Å²) in [7, 11) is -0.0179. The SMILES string of the molecule is C=C\C=C/C(C=C)=C/C(=C\C)c1c2ccccc2c(-c2ccc(C)c(/C=C\C=C)c2)c2cc(/C(C)=C/C(C)=C/C(C)P(C)C)ccc12. The summed E-state index contributed by atoms with van der Waals surface area (Å²) < 4.78 is 0. The van der Waals surface area contributed by atoms with E-state index in [1.54, 1.807) is 6.08 Å². The summed E-state index contributed by atoms with van der Waals surface area (Å²) >= 11 is 0. The Hall–Kier alpha value is -4.51. The second kappa shape index (κ2) is 16.4. The molecular weight excluding hydrogens is 583 g/mol. The predicted octanol–water partition coefficient (Wildman–Crippen LogP) is 13.9. The number of hydrogen-bond acceptors (Lipinski definition) is 0. The molecule has 1 atom stereocenters. The fraction of sp³-hybridized carbons (Fsp3) is 0.174. The smallest absolute Gasteiger partial charge is 0.00259 e.